The Morgan fingerprint density at radius 3 is 2.59 bits per heavy atom. The first-order valence-corrected chi connectivity index (χ1v) is 8.66. The number of rotatable bonds is 7. The Kier molecular flexibility index (Phi) is 6.58. The molecule has 0 unspecified atom stereocenters. The highest BCUT2D eigenvalue weighted by Crippen LogP contribution is 2.13. The van der Waals surface area contributed by atoms with Gasteiger partial charge < -0.3 is 10.2 Å². The highest BCUT2D eigenvalue weighted by atomic mass is 32.1. The van der Waals surface area contributed by atoms with E-state index in [1.807, 2.05) is 16.3 Å². The molecule has 120 valence electrons. The molecule has 2 rings (SSSR count). The van der Waals surface area contributed by atoms with E-state index in [0.29, 0.717) is 12.8 Å². The van der Waals surface area contributed by atoms with Crippen molar-refractivity contribution >= 4 is 28.9 Å². The molecule has 2 amide bonds. The molecule has 2 heterocycles. The summed E-state index contributed by atoms with van der Waals surface area (Å²) in [5.74, 6) is -0.0979. The lowest BCUT2D eigenvalue weighted by Crippen LogP contribution is -2.42. The van der Waals surface area contributed by atoms with E-state index in [1.54, 1.807) is 6.07 Å². The summed E-state index contributed by atoms with van der Waals surface area (Å²) in [6.45, 7) is 1.66. The number of carbonyl (C=O) groups is 3. The number of Topliss-reactive ketones (excluding diaryl/α,β-unsaturated/α-hetero) is 1. The molecule has 1 aliphatic rings. The molecule has 22 heavy (non-hydrogen) atoms. The van der Waals surface area contributed by atoms with Gasteiger partial charge >= 0.3 is 0 Å². The highest BCUT2D eigenvalue weighted by molar-refractivity contribution is 7.12. The Balaban J connectivity index is 1.59. The van der Waals surface area contributed by atoms with Gasteiger partial charge in [0.15, 0.2) is 5.78 Å². The molecule has 5 nitrogen and oxygen atoms in total. The Bertz CT molecular complexity index is 507. The van der Waals surface area contributed by atoms with Gasteiger partial charge in [0.2, 0.25) is 11.8 Å². The zero-order valence-corrected chi connectivity index (χ0v) is 13.5. The monoisotopic (exact) mass is 322 g/mol. The second-order valence-corrected chi connectivity index (χ2v) is 6.42. The van der Waals surface area contributed by atoms with Crippen LogP contribution in [0.2, 0.25) is 0 Å². The summed E-state index contributed by atoms with van der Waals surface area (Å²) in [7, 11) is 0. The number of hydrogen-bond donors (Lipinski definition) is 1. The third-order valence-corrected chi connectivity index (χ3v) is 4.66. The predicted octanol–water partition coefficient (Wildman–Crippen LogP) is 2.23. The summed E-state index contributed by atoms with van der Waals surface area (Å²) in [4.78, 5) is 37.9. The van der Waals surface area contributed by atoms with Crippen molar-refractivity contribution < 1.29 is 14.4 Å². The molecule has 0 bridgehead atoms. The maximum Gasteiger partial charge on any atom is 0.241 e. The molecule has 1 saturated heterocycles. The van der Waals surface area contributed by atoms with Crippen molar-refractivity contribution in [2.45, 2.75) is 38.5 Å². The van der Waals surface area contributed by atoms with Crippen LogP contribution >= 0.6 is 11.3 Å². The van der Waals surface area contributed by atoms with Crippen molar-refractivity contribution in [3.8, 4) is 0 Å². The van der Waals surface area contributed by atoms with E-state index in [9.17, 15) is 14.4 Å². The van der Waals surface area contributed by atoms with Gasteiger partial charge in [-0.25, -0.2) is 0 Å². The lowest BCUT2D eigenvalue weighted by atomic mass is 10.1. The minimum absolute atomic E-state index is 0.0114. The number of likely N-dealkylation sites (tertiary alicyclic amines) is 1. The average molecular weight is 322 g/mol. The number of carbonyl (C=O) groups excluding carboxylic acids is 3. The van der Waals surface area contributed by atoms with E-state index in [0.717, 1.165) is 30.8 Å². The van der Waals surface area contributed by atoms with Crippen LogP contribution in [0, 0.1) is 0 Å². The number of nitrogens with one attached hydrogen (secondary N) is 1. The van der Waals surface area contributed by atoms with Crippen molar-refractivity contribution in [1.82, 2.24) is 10.2 Å². The van der Waals surface area contributed by atoms with Gasteiger partial charge in [-0.3, -0.25) is 14.4 Å². The highest BCUT2D eigenvalue weighted by Gasteiger charge is 2.16. The fourth-order valence-corrected chi connectivity index (χ4v) is 3.18. The number of thiophene rings is 1. The first-order valence-electron chi connectivity index (χ1n) is 7.78. The van der Waals surface area contributed by atoms with Crippen molar-refractivity contribution in [3.05, 3.63) is 22.4 Å². The van der Waals surface area contributed by atoms with Crippen LogP contribution in [0.25, 0.3) is 0 Å². The first kappa shape index (κ1) is 16.7. The maximum atomic E-state index is 11.9. The largest absolute Gasteiger partial charge is 0.347 e. The SMILES string of the molecule is O=C(CCCC(=O)c1cccs1)NCC(=O)N1CCCCC1. The summed E-state index contributed by atoms with van der Waals surface area (Å²) < 4.78 is 0. The van der Waals surface area contributed by atoms with Gasteiger partial charge in [0.25, 0.3) is 0 Å². The third-order valence-electron chi connectivity index (χ3n) is 3.75. The van der Waals surface area contributed by atoms with E-state index in [1.165, 1.54) is 17.8 Å². The van der Waals surface area contributed by atoms with Crippen molar-refractivity contribution in [2.24, 2.45) is 0 Å². The Morgan fingerprint density at radius 2 is 1.91 bits per heavy atom. The molecular weight excluding hydrogens is 300 g/mol. The van der Waals surface area contributed by atoms with Crippen LogP contribution in [0.4, 0.5) is 0 Å². The molecule has 0 atom stereocenters. The van der Waals surface area contributed by atoms with E-state index in [2.05, 4.69) is 5.32 Å². The van der Waals surface area contributed by atoms with Gasteiger partial charge in [-0.2, -0.15) is 0 Å². The third kappa shape index (κ3) is 5.26. The lowest BCUT2D eigenvalue weighted by Gasteiger charge is -2.26. The van der Waals surface area contributed by atoms with Gasteiger partial charge in [0, 0.05) is 25.9 Å². The van der Waals surface area contributed by atoms with Crippen LogP contribution in [-0.2, 0) is 9.59 Å². The molecule has 0 aromatic carbocycles. The van der Waals surface area contributed by atoms with E-state index in [-0.39, 0.29) is 30.6 Å². The minimum atomic E-state index is -0.163. The molecule has 0 saturated carbocycles. The molecule has 0 radical (unpaired) electrons. The quantitative estimate of drug-likeness (QED) is 0.783. The summed E-state index contributed by atoms with van der Waals surface area (Å²) in [5, 5.41) is 4.52. The Hall–Kier alpha value is -1.69. The van der Waals surface area contributed by atoms with E-state index >= 15 is 0 Å². The fraction of sp³-hybridized carbons (Fsp3) is 0.562. The zero-order valence-electron chi connectivity index (χ0n) is 12.7. The first-order chi connectivity index (χ1) is 10.7. The maximum absolute atomic E-state index is 11.9. The molecule has 1 aromatic rings. The van der Waals surface area contributed by atoms with Crippen molar-refractivity contribution in [3.63, 3.8) is 0 Å². The molecule has 1 aliphatic heterocycles. The van der Waals surface area contributed by atoms with Crippen LogP contribution in [0.15, 0.2) is 17.5 Å². The molecule has 0 aliphatic carbocycles. The molecule has 1 fully saturated rings. The predicted molar refractivity (Wildman–Crippen MR) is 85.9 cm³/mol. The normalized spacial score (nSPS) is 14.6. The van der Waals surface area contributed by atoms with Gasteiger partial charge in [-0.05, 0) is 37.1 Å². The summed E-state index contributed by atoms with van der Waals surface area (Å²) in [5.41, 5.74) is 0. The fourth-order valence-electron chi connectivity index (χ4n) is 2.49. The number of amides is 2. The van der Waals surface area contributed by atoms with Gasteiger partial charge in [-0.1, -0.05) is 6.07 Å². The van der Waals surface area contributed by atoms with E-state index in [4.69, 9.17) is 0 Å². The molecule has 1 aromatic heterocycles. The minimum Gasteiger partial charge on any atom is -0.347 e. The molecule has 6 heteroatoms. The van der Waals surface area contributed by atoms with Crippen molar-refractivity contribution in [2.75, 3.05) is 19.6 Å². The lowest BCUT2D eigenvalue weighted by molar-refractivity contribution is -0.133. The van der Waals surface area contributed by atoms with Crippen LogP contribution in [0.1, 0.15) is 48.2 Å². The molecule has 0 spiro atoms. The van der Waals surface area contributed by atoms with Gasteiger partial charge in [-0.15, -0.1) is 11.3 Å². The van der Waals surface area contributed by atoms with Crippen LogP contribution in [-0.4, -0.2) is 42.1 Å². The summed E-state index contributed by atoms with van der Waals surface area (Å²) >= 11 is 1.42. The smallest absolute Gasteiger partial charge is 0.241 e. The second-order valence-electron chi connectivity index (χ2n) is 5.47. The van der Waals surface area contributed by atoms with E-state index < -0.39 is 0 Å². The van der Waals surface area contributed by atoms with Crippen molar-refractivity contribution in [1.29, 1.82) is 0 Å². The topological polar surface area (TPSA) is 66.5 Å². The Labute approximate surface area is 134 Å². The number of ketones is 1. The number of nitrogens with zero attached hydrogens (tertiary/aromatic N) is 1. The molecular formula is C16H22N2O3S. The standard InChI is InChI=1S/C16H22N2O3S/c19-13(14-7-5-11-22-14)6-4-8-15(20)17-12-16(21)18-9-2-1-3-10-18/h5,7,11H,1-4,6,8-10,12H2,(H,17,20). The average Bonchev–Trinajstić information content (AvgIpc) is 3.08. The van der Waals surface area contributed by atoms with Crippen LogP contribution in [0.3, 0.4) is 0 Å². The number of hydrogen-bond acceptors (Lipinski definition) is 4. The zero-order chi connectivity index (χ0) is 15.8. The van der Waals surface area contributed by atoms with Gasteiger partial charge in [0.05, 0.1) is 11.4 Å². The summed E-state index contributed by atoms with van der Waals surface area (Å²) in [6.07, 6.45) is 4.43. The Morgan fingerprint density at radius 1 is 1.14 bits per heavy atom. The van der Waals surface area contributed by atoms with Gasteiger partial charge in [0.1, 0.15) is 0 Å². The van der Waals surface area contributed by atoms with Crippen LogP contribution in [0.5, 0.6) is 0 Å². The van der Waals surface area contributed by atoms with Crippen LogP contribution < -0.4 is 5.32 Å². The molecule has 1 N–H and O–H groups in total. The number of piperidine rings is 1. The second kappa shape index (κ2) is 8.68. The summed E-state index contributed by atoms with van der Waals surface area (Å²) in [6, 6.07) is 3.64.